The Kier molecular flexibility index (Phi) is 4.45. The van der Waals surface area contributed by atoms with Crippen LogP contribution in [0.1, 0.15) is 11.1 Å². The summed E-state index contributed by atoms with van der Waals surface area (Å²) in [5.74, 6) is -1.46. The van der Waals surface area contributed by atoms with Crippen molar-refractivity contribution in [2.45, 2.75) is 13.8 Å². The maximum atomic E-state index is 10.9. The molecule has 0 atom stereocenters. The Morgan fingerprint density at radius 1 is 0.457 bits per heavy atom. The predicted octanol–water partition coefficient (Wildman–Crippen LogP) is 7.53. The molecular formula is C30H22O5. The molecule has 0 spiro atoms. The van der Waals surface area contributed by atoms with Crippen LogP contribution in [-0.4, -0.2) is 20.4 Å². The molecule has 4 N–H and O–H groups in total. The van der Waals surface area contributed by atoms with E-state index in [2.05, 4.69) is 0 Å². The summed E-state index contributed by atoms with van der Waals surface area (Å²) in [6.07, 6.45) is 0. The normalized spacial score (nSPS) is 11.6. The second-order valence-electron chi connectivity index (χ2n) is 8.89. The number of phenols is 4. The summed E-state index contributed by atoms with van der Waals surface area (Å²) < 4.78 is 6.22. The quantitative estimate of drug-likeness (QED) is 0.158. The van der Waals surface area contributed by atoms with E-state index in [1.807, 2.05) is 72.8 Å². The zero-order chi connectivity index (χ0) is 24.4. The first-order chi connectivity index (χ1) is 16.8. The largest absolute Gasteiger partial charge is 0.504 e. The van der Waals surface area contributed by atoms with Crippen LogP contribution < -0.4 is 4.74 Å². The first kappa shape index (κ1) is 20.9. The molecular weight excluding hydrogens is 440 g/mol. The maximum Gasteiger partial charge on any atom is 0.202 e. The lowest BCUT2D eigenvalue weighted by molar-refractivity contribution is 0.355. The van der Waals surface area contributed by atoms with Gasteiger partial charge in [-0.2, -0.15) is 0 Å². The molecule has 5 nitrogen and oxygen atoms in total. The van der Waals surface area contributed by atoms with E-state index in [1.54, 1.807) is 13.8 Å². The summed E-state index contributed by atoms with van der Waals surface area (Å²) in [5.41, 5.74) is 1.03. The zero-order valence-corrected chi connectivity index (χ0v) is 19.1. The third-order valence-electron chi connectivity index (χ3n) is 6.86. The van der Waals surface area contributed by atoms with E-state index in [4.69, 9.17) is 4.74 Å². The molecule has 0 fully saturated rings. The van der Waals surface area contributed by atoms with Gasteiger partial charge in [-0.3, -0.25) is 0 Å². The van der Waals surface area contributed by atoms with Crippen LogP contribution in [0.25, 0.3) is 43.1 Å². The van der Waals surface area contributed by atoms with Gasteiger partial charge in [-0.25, -0.2) is 0 Å². The molecule has 0 saturated carbocycles. The van der Waals surface area contributed by atoms with Crippen molar-refractivity contribution >= 4 is 43.1 Å². The Labute approximate surface area is 200 Å². The molecule has 6 aromatic rings. The van der Waals surface area contributed by atoms with Gasteiger partial charge in [-0.15, -0.1) is 0 Å². The van der Waals surface area contributed by atoms with Crippen molar-refractivity contribution in [2.75, 3.05) is 0 Å². The predicted molar refractivity (Wildman–Crippen MR) is 139 cm³/mol. The summed E-state index contributed by atoms with van der Waals surface area (Å²) in [4.78, 5) is 0. The maximum absolute atomic E-state index is 10.9. The number of benzene rings is 6. The van der Waals surface area contributed by atoms with Crippen molar-refractivity contribution in [3.05, 3.63) is 83.9 Å². The minimum Gasteiger partial charge on any atom is -0.504 e. The molecule has 35 heavy (non-hydrogen) atoms. The van der Waals surface area contributed by atoms with Crippen LogP contribution in [0.5, 0.6) is 34.5 Å². The lowest BCUT2D eigenvalue weighted by Gasteiger charge is -2.19. The average molecular weight is 463 g/mol. The fraction of sp³-hybridized carbons (Fsp3) is 0.0667. The Balaban J connectivity index is 1.70. The molecule has 0 aliphatic heterocycles. The number of hydrogen-bond donors (Lipinski definition) is 4. The van der Waals surface area contributed by atoms with Crippen molar-refractivity contribution in [3.8, 4) is 34.5 Å². The van der Waals surface area contributed by atoms with E-state index in [0.29, 0.717) is 32.7 Å². The number of aryl methyl sites for hydroxylation is 2. The minimum atomic E-state index is -0.432. The van der Waals surface area contributed by atoms with Crippen molar-refractivity contribution in [1.82, 2.24) is 0 Å². The fourth-order valence-corrected chi connectivity index (χ4v) is 4.87. The molecule has 0 amide bonds. The van der Waals surface area contributed by atoms with Crippen molar-refractivity contribution in [2.24, 2.45) is 0 Å². The third kappa shape index (κ3) is 3.02. The molecule has 172 valence electrons. The van der Waals surface area contributed by atoms with Crippen molar-refractivity contribution < 1.29 is 25.2 Å². The molecule has 0 aliphatic carbocycles. The molecule has 6 rings (SSSR count). The Hall–Kier alpha value is -4.64. The third-order valence-corrected chi connectivity index (χ3v) is 6.86. The standard InChI is InChI=1S/C30H22O5/c1-15-21-11-17-7-3-5-9-19(17)13-23(21)29(27(33)25(15)31)35-30-24-14-20-10-6-4-8-18(20)12-22(24)16(2)26(32)28(30)34/h3-14,31-34H,1-2H3. The summed E-state index contributed by atoms with van der Waals surface area (Å²) in [6, 6.07) is 23.2. The van der Waals surface area contributed by atoms with Crippen LogP contribution in [-0.2, 0) is 0 Å². The van der Waals surface area contributed by atoms with Gasteiger partial charge < -0.3 is 25.2 Å². The van der Waals surface area contributed by atoms with E-state index in [9.17, 15) is 20.4 Å². The summed E-state index contributed by atoms with van der Waals surface area (Å²) in [7, 11) is 0. The van der Waals surface area contributed by atoms with E-state index in [0.717, 1.165) is 21.5 Å². The summed E-state index contributed by atoms with van der Waals surface area (Å²) in [6.45, 7) is 3.46. The average Bonchev–Trinajstić information content (AvgIpc) is 2.88. The van der Waals surface area contributed by atoms with Gasteiger partial charge in [0.15, 0.2) is 23.0 Å². The van der Waals surface area contributed by atoms with Crippen LogP contribution in [0, 0.1) is 13.8 Å². The summed E-state index contributed by atoms with van der Waals surface area (Å²) in [5, 5.41) is 49.7. The second-order valence-corrected chi connectivity index (χ2v) is 8.89. The molecule has 0 unspecified atom stereocenters. The molecule has 6 aromatic carbocycles. The van der Waals surface area contributed by atoms with E-state index >= 15 is 0 Å². The molecule has 0 saturated heterocycles. The van der Waals surface area contributed by atoms with Crippen LogP contribution in [0.4, 0.5) is 0 Å². The Bertz CT molecular complexity index is 1700. The van der Waals surface area contributed by atoms with Gasteiger partial charge >= 0.3 is 0 Å². The Morgan fingerprint density at radius 2 is 0.771 bits per heavy atom. The SMILES string of the molecule is Cc1c(O)c(O)c(Oc2c(O)c(O)c(C)c3cc4ccccc4cc23)c2cc3ccccc3cc12. The minimum absolute atomic E-state index is 0.00173. The van der Waals surface area contributed by atoms with E-state index in [-0.39, 0.29) is 23.0 Å². The topological polar surface area (TPSA) is 90.2 Å². The van der Waals surface area contributed by atoms with Gasteiger partial charge in [-0.05, 0) is 70.4 Å². The lowest BCUT2D eigenvalue weighted by atomic mass is 9.97. The number of aromatic hydroxyl groups is 4. The Morgan fingerprint density at radius 3 is 1.11 bits per heavy atom. The highest BCUT2D eigenvalue weighted by Crippen LogP contribution is 2.52. The highest BCUT2D eigenvalue weighted by molar-refractivity contribution is 6.07. The van der Waals surface area contributed by atoms with E-state index in [1.165, 1.54) is 0 Å². The van der Waals surface area contributed by atoms with Gasteiger partial charge in [0.25, 0.3) is 0 Å². The number of fused-ring (bicyclic) bond motifs is 4. The number of phenolic OH excluding ortho intramolecular Hbond substituents is 4. The van der Waals surface area contributed by atoms with Crippen LogP contribution in [0.3, 0.4) is 0 Å². The smallest absolute Gasteiger partial charge is 0.202 e. The lowest BCUT2D eigenvalue weighted by Crippen LogP contribution is -1.94. The van der Waals surface area contributed by atoms with Crippen LogP contribution in [0.2, 0.25) is 0 Å². The first-order valence-electron chi connectivity index (χ1n) is 11.3. The first-order valence-corrected chi connectivity index (χ1v) is 11.3. The van der Waals surface area contributed by atoms with Gasteiger partial charge in [-0.1, -0.05) is 48.5 Å². The van der Waals surface area contributed by atoms with Gasteiger partial charge in [0.1, 0.15) is 0 Å². The highest BCUT2D eigenvalue weighted by atomic mass is 16.5. The molecule has 5 heteroatoms. The van der Waals surface area contributed by atoms with E-state index < -0.39 is 11.5 Å². The molecule has 0 radical (unpaired) electrons. The fourth-order valence-electron chi connectivity index (χ4n) is 4.87. The molecule has 0 heterocycles. The summed E-state index contributed by atoms with van der Waals surface area (Å²) >= 11 is 0. The highest BCUT2D eigenvalue weighted by Gasteiger charge is 2.24. The molecule has 0 aliphatic rings. The number of hydrogen-bond acceptors (Lipinski definition) is 5. The molecule has 0 aromatic heterocycles. The monoisotopic (exact) mass is 462 g/mol. The van der Waals surface area contributed by atoms with Gasteiger partial charge in [0, 0.05) is 21.9 Å². The second kappa shape index (κ2) is 7.43. The van der Waals surface area contributed by atoms with Gasteiger partial charge in [0.05, 0.1) is 0 Å². The van der Waals surface area contributed by atoms with Gasteiger partial charge in [0.2, 0.25) is 11.5 Å². The van der Waals surface area contributed by atoms with Crippen LogP contribution >= 0.6 is 0 Å². The van der Waals surface area contributed by atoms with Crippen molar-refractivity contribution in [3.63, 3.8) is 0 Å². The van der Waals surface area contributed by atoms with Crippen LogP contribution in [0.15, 0.2) is 72.8 Å². The number of ether oxygens (including phenoxy) is 1. The number of rotatable bonds is 2. The molecule has 0 bridgehead atoms. The van der Waals surface area contributed by atoms with Crippen molar-refractivity contribution in [1.29, 1.82) is 0 Å². The zero-order valence-electron chi connectivity index (χ0n) is 19.1.